The third-order valence-corrected chi connectivity index (χ3v) is 7.11. The van der Waals surface area contributed by atoms with Gasteiger partial charge in [-0.3, -0.25) is 10.2 Å². The smallest absolute Gasteiger partial charge is 0.168 e. The fourth-order valence-electron chi connectivity index (χ4n) is 5.68. The molecule has 5 nitrogen and oxygen atoms in total. The second kappa shape index (κ2) is 9.57. The third-order valence-electron chi connectivity index (χ3n) is 7.11. The Morgan fingerprint density at radius 2 is 1.61 bits per heavy atom. The van der Waals surface area contributed by atoms with Gasteiger partial charge in [-0.2, -0.15) is 5.10 Å². The number of carbonyl (C=O) groups excluding carboxylic acids is 1. The number of aliphatic hydroxyl groups excluding tert-OH is 1. The van der Waals surface area contributed by atoms with Crippen molar-refractivity contribution in [3.05, 3.63) is 94.2 Å². The minimum atomic E-state index is -0.0677. The summed E-state index contributed by atoms with van der Waals surface area (Å²) in [5, 5.41) is 18.8. The van der Waals surface area contributed by atoms with Crippen LogP contribution in [0.15, 0.2) is 77.1 Å². The number of hydrazone groups is 1. The molecule has 0 amide bonds. The molecular weight excluding hydrogens is 446 g/mol. The number of allylic oxidation sites excluding steroid dienone is 2. The maximum absolute atomic E-state index is 13.3. The molecule has 5 rings (SSSR count). The van der Waals surface area contributed by atoms with Crippen LogP contribution in [0.2, 0.25) is 0 Å². The highest BCUT2D eigenvalue weighted by Crippen LogP contribution is 2.38. The topological polar surface area (TPSA) is 74.6 Å². The predicted octanol–water partition coefficient (Wildman–Crippen LogP) is 7.45. The van der Waals surface area contributed by atoms with Gasteiger partial charge >= 0.3 is 0 Å². The van der Waals surface area contributed by atoms with E-state index in [9.17, 15) is 9.90 Å². The average molecular weight is 478 g/mol. The van der Waals surface area contributed by atoms with Gasteiger partial charge in [0.15, 0.2) is 11.6 Å². The molecule has 5 heteroatoms. The fraction of sp³-hybridized carbons (Fsp3) is 0.258. The van der Waals surface area contributed by atoms with Crippen molar-refractivity contribution in [1.82, 2.24) is 4.98 Å². The Balaban J connectivity index is 1.50. The summed E-state index contributed by atoms with van der Waals surface area (Å²) in [5.74, 6) is 0.651. The van der Waals surface area contributed by atoms with Crippen molar-refractivity contribution in [2.75, 3.05) is 5.43 Å². The Morgan fingerprint density at radius 3 is 2.28 bits per heavy atom. The van der Waals surface area contributed by atoms with Crippen molar-refractivity contribution < 1.29 is 9.90 Å². The number of Topliss-reactive ketones (excluding diaryl/α,β-unsaturated/α-hetero) is 1. The number of pyridine rings is 1. The molecule has 1 aromatic heterocycles. The minimum Gasteiger partial charge on any atom is -0.511 e. The van der Waals surface area contributed by atoms with E-state index in [1.807, 2.05) is 43.3 Å². The molecule has 182 valence electrons. The van der Waals surface area contributed by atoms with Crippen molar-refractivity contribution in [2.24, 2.45) is 5.10 Å². The average Bonchev–Trinajstić information content (AvgIpc) is 2.85. The molecular formula is C31H31N3O2. The van der Waals surface area contributed by atoms with Gasteiger partial charge < -0.3 is 5.11 Å². The molecule has 1 atom stereocenters. The van der Waals surface area contributed by atoms with E-state index in [1.165, 1.54) is 22.3 Å². The number of para-hydroxylation sites is 1. The lowest BCUT2D eigenvalue weighted by molar-refractivity contribution is -0.116. The van der Waals surface area contributed by atoms with Crippen LogP contribution in [-0.4, -0.2) is 21.6 Å². The predicted molar refractivity (Wildman–Crippen MR) is 148 cm³/mol. The Kier molecular flexibility index (Phi) is 6.31. The largest absolute Gasteiger partial charge is 0.511 e. The van der Waals surface area contributed by atoms with Gasteiger partial charge in [-0.25, -0.2) is 4.98 Å². The molecule has 0 bridgehead atoms. The Labute approximate surface area is 211 Å². The second-order valence-corrected chi connectivity index (χ2v) is 9.71. The van der Waals surface area contributed by atoms with Gasteiger partial charge in [0, 0.05) is 23.6 Å². The first-order chi connectivity index (χ1) is 17.4. The van der Waals surface area contributed by atoms with E-state index < -0.39 is 0 Å². The molecule has 0 fully saturated rings. The number of fused-ring (bicyclic) bond motifs is 3. The number of carbonyl (C=O) groups is 1. The summed E-state index contributed by atoms with van der Waals surface area (Å²) in [4.78, 5) is 18.1. The molecule has 1 aliphatic carbocycles. The Bertz CT molecular complexity index is 1540. The van der Waals surface area contributed by atoms with Crippen LogP contribution in [0.5, 0.6) is 0 Å². The molecule has 0 saturated heterocycles. The molecule has 36 heavy (non-hydrogen) atoms. The summed E-state index contributed by atoms with van der Waals surface area (Å²) in [5.41, 5.74) is 9.58. The maximum Gasteiger partial charge on any atom is 0.168 e. The van der Waals surface area contributed by atoms with Crippen LogP contribution < -0.4 is 5.43 Å². The number of aromatic nitrogens is 1. The molecule has 2 N–H and O–H groups in total. The molecule has 3 aromatic carbocycles. The van der Waals surface area contributed by atoms with E-state index in [1.54, 1.807) is 0 Å². The van der Waals surface area contributed by atoms with E-state index in [4.69, 9.17) is 4.98 Å². The summed E-state index contributed by atoms with van der Waals surface area (Å²) in [6.45, 7) is 8.19. The Morgan fingerprint density at radius 1 is 0.972 bits per heavy atom. The lowest BCUT2D eigenvalue weighted by atomic mass is 9.78. The van der Waals surface area contributed by atoms with E-state index in [0.717, 1.165) is 21.7 Å². The fourth-order valence-corrected chi connectivity index (χ4v) is 5.68. The van der Waals surface area contributed by atoms with E-state index >= 15 is 0 Å². The number of benzene rings is 3. The van der Waals surface area contributed by atoms with Crippen LogP contribution in [0.25, 0.3) is 21.7 Å². The van der Waals surface area contributed by atoms with Crippen LogP contribution in [0.1, 0.15) is 54.4 Å². The maximum atomic E-state index is 13.3. The van der Waals surface area contributed by atoms with Crippen molar-refractivity contribution in [3.8, 4) is 0 Å². The highest BCUT2D eigenvalue weighted by molar-refractivity contribution is 6.23. The zero-order valence-corrected chi connectivity index (χ0v) is 21.2. The summed E-state index contributed by atoms with van der Waals surface area (Å²) in [6.07, 6.45) is 1.30. The number of hydrogen-bond acceptors (Lipinski definition) is 5. The first-order valence-corrected chi connectivity index (χ1v) is 12.5. The zero-order valence-electron chi connectivity index (χ0n) is 21.2. The Hall–Kier alpha value is -3.99. The van der Waals surface area contributed by atoms with Gasteiger partial charge in [-0.05, 0) is 61.3 Å². The lowest BCUT2D eigenvalue weighted by Gasteiger charge is -2.27. The normalized spacial score (nSPS) is 16.7. The lowest BCUT2D eigenvalue weighted by Crippen LogP contribution is -2.25. The van der Waals surface area contributed by atoms with Crippen molar-refractivity contribution in [3.63, 3.8) is 0 Å². The number of hydrogen-bond donors (Lipinski definition) is 2. The molecule has 0 radical (unpaired) electrons. The van der Waals surface area contributed by atoms with Crippen LogP contribution in [-0.2, 0) is 4.79 Å². The summed E-state index contributed by atoms with van der Waals surface area (Å²) in [7, 11) is 0. The van der Waals surface area contributed by atoms with Crippen molar-refractivity contribution >= 4 is 39.0 Å². The summed E-state index contributed by atoms with van der Waals surface area (Å²) < 4.78 is 0. The molecule has 0 saturated carbocycles. The molecule has 0 aliphatic heterocycles. The molecule has 1 heterocycles. The first kappa shape index (κ1) is 23.7. The summed E-state index contributed by atoms with van der Waals surface area (Å²) >= 11 is 0. The van der Waals surface area contributed by atoms with E-state index in [0.29, 0.717) is 36.4 Å². The zero-order chi connectivity index (χ0) is 25.4. The number of anilines is 1. The van der Waals surface area contributed by atoms with Crippen LogP contribution in [0.3, 0.4) is 0 Å². The molecule has 1 aliphatic rings. The number of ketones is 1. The van der Waals surface area contributed by atoms with Gasteiger partial charge in [0.05, 0.1) is 16.8 Å². The van der Waals surface area contributed by atoms with Crippen molar-refractivity contribution in [1.29, 1.82) is 0 Å². The highest BCUT2D eigenvalue weighted by atomic mass is 16.3. The second-order valence-electron chi connectivity index (χ2n) is 9.71. The van der Waals surface area contributed by atoms with E-state index in [2.05, 4.69) is 55.6 Å². The highest BCUT2D eigenvalue weighted by Gasteiger charge is 2.32. The van der Waals surface area contributed by atoms with Gasteiger partial charge in [0.25, 0.3) is 0 Å². The number of nitrogens with zero attached hydrogens (tertiary/aromatic N) is 2. The minimum absolute atomic E-state index is 0.0287. The first-order valence-electron chi connectivity index (χ1n) is 12.5. The third kappa shape index (κ3) is 4.26. The number of aryl methyl sites for hydroxylation is 3. The van der Waals surface area contributed by atoms with Crippen molar-refractivity contribution in [2.45, 2.75) is 52.9 Å². The van der Waals surface area contributed by atoms with Crippen LogP contribution in [0.4, 0.5) is 5.82 Å². The molecule has 4 aromatic rings. The number of nitrogens with one attached hydrogen (secondary N) is 1. The monoisotopic (exact) mass is 477 g/mol. The summed E-state index contributed by atoms with van der Waals surface area (Å²) in [6, 6.07) is 20.4. The van der Waals surface area contributed by atoms with E-state index in [-0.39, 0.29) is 17.5 Å². The number of rotatable bonds is 5. The van der Waals surface area contributed by atoms with Crippen LogP contribution >= 0.6 is 0 Å². The molecule has 1 unspecified atom stereocenters. The van der Waals surface area contributed by atoms with Gasteiger partial charge in [0.2, 0.25) is 0 Å². The molecule has 0 spiro atoms. The SMILES string of the molecule is CCC(=NNc1nc2ccccc2c2ccccc12)C1=C(O)CC(c2c(C)cc(C)cc2C)CC1=O. The standard InChI is InChI=1S/C31H31N3O2/c1-5-25(30-27(35)16-21(17-28(30)36)29-19(3)14-18(2)15-20(29)4)33-34-31-24-12-7-6-10-22(24)23-11-8-9-13-26(23)32-31/h6-15,21,35H,5,16-17H2,1-4H3,(H,32,34). The van der Waals surface area contributed by atoms with Gasteiger partial charge in [-0.15, -0.1) is 0 Å². The van der Waals surface area contributed by atoms with Crippen LogP contribution in [0, 0.1) is 20.8 Å². The van der Waals surface area contributed by atoms with Gasteiger partial charge in [-0.1, -0.05) is 67.1 Å². The van der Waals surface area contributed by atoms with Gasteiger partial charge in [0.1, 0.15) is 5.76 Å². The number of aliphatic hydroxyl groups is 1. The quantitative estimate of drug-likeness (QED) is 0.178.